The molecule has 2 aromatic carbocycles. The highest BCUT2D eigenvalue weighted by Gasteiger charge is 2.17. The molecule has 2 aromatic rings. The molecule has 0 aromatic heterocycles. The smallest absolute Gasteiger partial charge is 0.253 e. The normalized spacial score (nSPS) is 14.0. The zero-order valence-electron chi connectivity index (χ0n) is 17.7. The molecule has 3 rings (SSSR count). The fourth-order valence-corrected chi connectivity index (χ4v) is 3.49. The second-order valence-electron chi connectivity index (χ2n) is 7.57. The Labute approximate surface area is 178 Å². The van der Waals surface area contributed by atoms with E-state index >= 15 is 0 Å². The third-order valence-corrected chi connectivity index (χ3v) is 5.05. The van der Waals surface area contributed by atoms with Gasteiger partial charge in [-0.1, -0.05) is 31.9 Å². The Hall–Kier alpha value is -3.02. The fourth-order valence-electron chi connectivity index (χ4n) is 3.49. The third kappa shape index (κ3) is 6.51. The van der Waals surface area contributed by atoms with Crippen LogP contribution in [0.25, 0.3) is 0 Å². The zero-order valence-corrected chi connectivity index (χ0v) is 17.7. The van der Waals surface area contributed by atoms with Gasteiger partial charge in [0, 0.05) is 36.1 Å². The van der Waals surface area contributed by atoms with E-state index in [-0.39, 0.29) is 18.4 Å². The van der Waals surface area contributed by atoms with E-state index in [1.165, 1.54) is 12.8 Å². The molecule has 0 radical (unpaired) electrons. The van der Waals surface area contributed by atoms with Crippen LogP contribution in [-0.2, 0) is 4.79 Å². The van der Waals surface area contributed by atoms with Crippen LogP contribution in [0, 0.1) is 0 Å². The maximum absolute atomic E-state index is 12.8. The minimum Gasteiger partial charge on any atom is -0.494 e. The molecule has 0 unspecified atom stereocenters. The van der Waals surface area contributed by atoms with Gasteiger partial charge in [0.1, 0.15) is 5.75 Å². The molecule has 1 saturated heterocycles. The molecule has 1 fully saturated rings. The van der Waals surface area contributed by atoms with Gasteiger partial charge in [-0.25, -0.2) is 0 Å². The van der Waals surface area contributed by atoms with Crippen LogP contribution in [0.3, 0.4) is 0 Å². The Bertz CT molecular complexity index is 845. The Kier molecular flexibility index (Phi) is 8.12. The van der Waals surface area contributed by atoms with Crippen molar-refractivity contribution in [2.24, 2.45) is 0 Å². The summed E-state index contributed by atoms with van der Waals surface area (Å²) in [5.74, 6) is 0.642. The SMILES string of the molecule is CCCOc1cccc(NC(=O)CNc2cccc(C(=O)N3CCCCCC3)c2)c1. The first kappa shape index (κ1) is 21.7. The lowest BCUT2D eigenvalue weighted by Crippen LogP contribution is -2.31. The van der Waals surface area contributed by atoms with Crippen molar-refractivity contribution in [3.63, 3.8) is 0 Å². The molecule has 6 heteroatoms. The summed E-state index contributed by atoms with van der Waals surface area (Å²) >= 11 is 0. The lowest BCUT2D eigenvalue weighted by molar-refractivity contribution is -0.114. The van der Waals surface area contributed by atoms with Crippen LogP contribution >= 0.6 is 0 Å². The number of amides is 2. The largest absolute Gasteiger partial charge is 0.494 e. The van der Waals surface area contributed by atoms with Crippen LogP contribution in [-0.4, -0.2) is 43.0 Å². The molecule has 0 atom stereocenters. The average molecular weight is 410 g/mol. The monoisotopic (exact) mass is 409 g/mol. The maximum Gasteiger partial charge on any atom is 0.253 e. The molecule has 1 aliphatic heterocycles. The number of anilines is 2. The summed E-state index contributed by atoms with van der Waals surface area (Å²) in [6.07, 6.45) is 5.44. The van der Waals surface area contributed by atoms with Crippen molar-refractivity contribution in [2.45, 2.75) is 39.0 Å². The Morgan fingerprint density at radius 1 is 0.967 bits per heavy atom. The van der Waals surface area contributed by atoms with Crippen molar-refractivity contribution in [1.82, 2.24) is 4.90 Å². The second kappa shape index (κ2) is 11.2. The van der Waals surface area contributed by atoms with Gasteiger partial charge in [-0.3, -0.25) is 9.59 Å². The molecule has 0 spiro atoms. The number of nitrogens with zero attached hydrogens (tertiary/aromatic N) is 1. The molecule has 160 valence electrons. The number of rotatable bonds is 8. The molecule has 2 amide bonds. The Balaban J connectivity index is 1.53. The summed E-state index contributed by atoms with van der Waals surface area (Å²) in [6.45, 7) is 4.44. The highest BCUT2D eigenvalue weighted by molar-refractivity contribution is 5.96. The number of hydrogen-bond acceptors (Lipinski definition) is 4. The van der Waals surface area contributed by atoms with Gasteiger partial charge in [0.15, 0.2) is 0 Å². The van der Waals surface area contributed by atoms with E-state index in [1.807, 2.05) is 60.4 Å². The van der Waals surface area contributed by atoms with E-state index in [2.05, 4.69) is 10.6 Å². The predicted octanol–water partition coefficient (Wildman–Crippen LogP) is 4.54. The number of carbonyl (C=O) groups excluding carboxylic acids is 2. The predicted molar refractivity (Wildman–Crippen MR) is 120 cm³/mol. The van der Waals surface area contributed by atoms with Gasteiger partial charge in [0.05, 0.1) is 13.2 Å². The van der Waals surface area contributed by atoms with E-state index in [1.54, 1.807) is 0 Å². The van der Waals surface area contributed by atoms with E-state index in [0.29, 0.717) is 17.9 Å². The molecule has 2 N–H and O–H groups in total. The summed E-state index contributed by atoms with van der Waals surface area (Å²) in [7, 11) is 0. The summed E-state index contributed by atoms with van der Waals surface area (Å²) in [5, 5.41) is 5.98. The number of benzene rings is 2. The molecule has 0 saturated carbocycles. The number of carbonyl (C=O) groups is 2. The second-order valence-corrected chi connectivity index (χ2v) is 7.57. The maximum atomic E-state index is 12.8. The van der Waals surface area contributed by atoms with Crippen LogP contribution in [0.2, 0.25) is 0 Å². The first-order chi connectivity index (χ1) is 14.7. The summed E-state index contributed by atoms with van der Waals surface area (Å²) in [4.78, 5) is 27.1. The number of nitrogens with one attached hydrogen (secondary N) is 2. The Morgan fingerprint density at radius 2 is 1.70 bits per heavy atom. The summed E-state index contributed by atoms with van der Waals surface area (Å²) < 4.78 is 5.60. The number of ether oxygens (including phenoxy) is 1. The van der Waals surface area contributed by atoms with Gasteiger partial charge in [0.2, 0.25) is 5.91 Å². The van der Waals surface area contributed by atoms with Gasteiger partial charge in [0.25, 0.3) is 5.91 Å². The van der Waals surface area contributed by atoms with Crippen LogP contribution < -0.4 is 15.4 Å². The summed E-state index contributed by atoms with van der Waals surface area (Å²) in [6, 6.07) is 14.7. The standard InChI is InChI=1S/C24H31N3O3/c1-2-15-30-22-12-8-11-21(17-22)26-23(28)18-25-20-10-7-9-19(16-20)24(29)27-13-5-3-4-6-14-27/h7-12,16-17,25H,2-6,13-15,18H2,1H3,(H,26,28). The first-order valence-electron chi connectivity index (χ1n) is 10.8. The fraction of sp³-hybridized carbons (Fsp3) is 0.417. The molecular formula is C24H31N3O3. The van der Waals surface area contributed by atoms with E-state index < -0.39 is 0 Å². The first-order valence-corrected chi connectivity index (χ1v) is 10.8. The van der Waals surface area contributed by atoms with Crippen LogP contribution in [0.1, 0.15) is 49.4 Å². The van der Waals surface area contributed by atoms with Crippen molar-refractivity contribution in [3.8, 4) is 5.75 Å². The molecular weight excluding hydrogens is 378 g/mol. The van der Waals surface area contributed by atoms with Gasteiger partial charge in [-0.2, -0.15) is 0 Å². The van der Waals surface area contributed by atoms with E-state index in [0.717, 1.165) is 43.8 Å². The van der Waals surface area contributed by atoms with Crippen molar-refractivity contribution in [1.29, 1.82) is 0 Å². The van der Waals surface area contributed by atoms with Crippen molar-refractivity contribution in [2.75, 3.05) is 36.9 Å². The quantitative estimate of drug-likeness (QED) is 0.671. The molecule has 1 aliphatic rings. The summed E-state index contributed by atoms with van der Waals surface area (Å²) in [5.41, 5.74) is 2.11. The lowest BCUT2D eigenvalue weighted by Gasteiger charge is -2.20. The molecule has 30 heavy (non-hydrogen) atoms. The molecule has 1 heterocycles. The highest BCUT2D eigenvalue weighted by Crippen LogP contribution is 2.18. The van der Waals surface area contributed by atoms with Gasteiger partial charge >= 0.3 is 0 Å². The van der Waals surface area contributed by atoms with Gasteiger partial charge < -0.3 is 20.3 Å². The van der Waals surface area contributed by atoms with Crippen molar-refractivity contribution >= 4 is 23.2 Å². The topological polar surface area (TPSA) is 70.7 Å². The van der Waals surface area contributed by atoms with Crippen molar-refractivity contribution in [3.05, 3.63) is 54.1 Å². The highest BCUT2D eigenvalue weighted by atomic mass is 16.5. The molecule has 0 aliphatic carbocycles. The average Bonchev–Trinajstić information content (AvgIpc) is 3.06. The van der Waals surface area contributed by atoms with Crippen molar-refractivity contribution < 1.29 is 14.3 Å². The lowest BCUT2D eigenvalue weighted by atomic mass is 10.1. The minimum atomic E-state index is -0.160. The van der Waals surface area contributed by atoms with Gasteiger partial charge in [-0.05, 0) is 49.6 Å². The van der Waals surface area contributed by atoms with Crippen LogP contribution in [0.5, 0.6) is 5.75 Å². The van der Waals surface area contributed by atoms with Crippen LogP contribution in [0.15, 0.2) is 48.5 Å². The zero-order chi connectivity index (χ0) is 21.2. The number of hydrogen-bond donors (Lipinski definition) is 2. The minimum absolute atomic E-state index is 0.0638. The Morgan fingerprint density at radius 3 is 2.47 bits per heavy atom. The third-order valence-electron chi connectivity index (χ3n) is 5.05. The molecule has 6 nitrogen and oxygen atoms in total. The van der Waals surface area contributed by atoms with E-state index in [9.17, 15) is 9.59 Å². The number of likely N-dealkylation sites (tertiary alicyclic amines) is 1. The van der Waals surface area contributed by atoms with Gasteiger partial charge in [-0.15, -0.1) is 0 Å². The molecule has 0 bridgehead atoms. The van der Waals surface area contributed by atoms with E-state index in [4.69, 9.17) is 4.74 Å². The van der Waals surface area contributed by atoms with Crippen LogP contribution in [0.4, 0.5) is 11.4 Å².